The molecule has 11 nitrogen and oxygen atoms in total. The number of ether oxygens (including phenoxy) is 2. The van der Waals surface area contributed by atoms with Gasteiger partial charge in [-0.15, -0.1) is 0 Å². The normalized spacial score (nSPS) is 13.2. The van der Waals surface area contributed by atoms with Crippen LogP contribution in [0.5, 0.6) is 0 Å². The van der Waals surface area contributed by atoms with E-state index in [1.807, 2.05) is 0 Å². The molecule has 0 aliphatic rings. The van der Waals surface area contributed by atoms with Crippen molar-refractivity contribution in [2.24, 2.45) is 0 Å². The first kappa shape index (κ1) is 49.7. The molecule has 2 N–H and O–H groups in total. The number of hydrogen-bond donors (Lipinski definition) is 2. The minimum Gasteiger partial charge on any atom is -0.466 e. The molecule has 2 atom stereocenters. The van der Waals surface area contributed by atoms with Crippen LogP contribution < -0.4 is 5.32 Å². The monoisotopic (exact) mass is 810 g/mol. The van der Waals surface area contributed by atoms with Gasteiger partial charge in [0.25, 0.3) is 0 Å². The summed E-state index contributed by atoms with van der Waals surface area (Å²) < 4.78 is 45.4. The molecule has 2 rings (SSSR count). The SMILES string of the molecule is CCCCCc1cc(C)c(CCCCCCCCC(=O)OC[C@H](COP(=O)(O)OCCNC)OC(=O)CCCCCCCCCCc2oc(CCC)cc2C)o1. The first-order chi connectivity index (χ1) is 27.1. The molecule has 2 aromatic heterocycles. The van der Waals surface area contributed by atoms with Crippen molar-refractivity contribution in [1.82, 2.24) is 5.32 Å². The minimum atomic E-state index is -4.37. The maximum absolute atomic E-state index is 12.7. The van der Waals surface area contributed by atoms with Crippen molar-refractivity contribution in [2.75, 3.05) is 33.4 Å². The molecule has 0 amide bonds. The molecule has 0 radical (unpaired) electrons. The first-order valence-electron chi connectivity index (χ1n) is 21.8. The lowest BCUT2D eigenvalue weighted by atomic mass is 10.1. The Hall–Kier alpha value is -2.43. The summed E-state index contributed by atoms with van der Waals surface area (Å²) in [6.45, 7) is 8.29. The lowest BCUT2D eigenvalue weighted by Gasteiger charge is -2.20. The molecule has 1 unspecified atom stereocenters. The maximum atomic E-state index is 12.7. The topological polar surface area (TPSA) is 147 Å². The van der Waals surface area contributed by atoms with Crippen LogP contribution in [0.3, 0.4) is 0 Å². The van der Waals surface area contributed by atoms with Gasteiger partial charge in [0.05, 0.1) is 13.2 Å². The third kappa shape index (κ3) is 23.7. The van der Waals surface area contributed by atoms with Gasteiger partial charge in [-0.05, 0) is 82.7 Å². The number of likely N-dealkylation sites (N-methyl/N-ethyl adjacent to an activating group) is 1. The molecule has 322 valence electrons. The lowest BCUT2D eigenvalue weighted by molar-refractivity contribution is -0.161. The Labute approximate surface area is 338 Å². The highest BCUT2D eigenvalue weighted by molar-refractivity contribution is 7.47. The van der Waals surface area contributed by atoms with Crippen LogP contribution in [0.1, 0.15) is 176 Å². The molecule has 56 heavy (non-hydrogen) atoms. The van der Waals surface area contributed by atoms with Crippen LogP contribution in [0.25, 0.3) is 0 Å². The van der Waals surface area contributed by atoms with Crippen molar-refractivity contribution < 1.29 is 46.4 Å². The van der Waals surface area contributed by atoms with E-state index >= 15 is 0 Å². The van der Waals surface area contributed by atoms with Gasteiger partial charge < -0.3 is 28.5 Å². The van der Waals surface area contributed by atoms with Gasteiger partial charge in [-0.2, -0.15) is 0 Å². The summed E-state index contributed by atoms with van der Waals surface area (Å²) >= 11 is 0. The van der Waals surface area contributed by atoms with E-state index in [4.69, 9.17) is 27.4 Å². The predicted molar refractivity (Wildman–Crippen MR) is 222 cm³/mol. The Morgan fingerprint density at radius 2 is 1.16 bits per heavy atom. The van der Waals surface area contributed by atoms with E-state index in [-0.39, 0.29) is 26.1 Å². The average Bonchev–Trinajstić information content (AvgIpc) is 3.70. The molecule has 0 aliphatic heterocycles. The summed E-state index contributed by atoms with van der Waals surface area (Å²) in [5, 5.41) is 2.82. The molecule has 12 heteroatoms. The number of carbonyl (C=O) groups excluding carboxylic acids is 2. The summed E-state index contributed by atoms with van der Waals surface area (Å²) in [7, 11) is -2.68. The largest absolute Gasteiger partial charge is 0.472 e. The first-order valence-corrected chi connectivity index (χ1v) is 23.3. The zero-order chi connectivity index (χ0) is 40.9. The van der Waals surface area contributed by atoms with Gasteiger partial charge in [-0.1, -0.05) is 90.9 Å². The number of carbonyl (C=O) groups is 2. The van der Waals surface area contributed by atoms with Crippen LogP contribution in [0.2, 0.25) is 0 Å². The number of hydrogen-bond acceptors (Lipinski definition) is 10. The molecule has 0 aromatic carbocycles. The van der Waals surface area contributed by atoms with Crippen molar-refractivity contribution in [3.8, 4) is 0 Å². The second-order valence-corrected chi connectivity index (χ2v) is 16.7. The van der Waals surface area contributed by atoms with Crippen molar-refractivity contribution in [2.45, 2.75) is 188 Å². The highest BCUT2D eigenvalue weighted by Crippen LogP contribution is 2.43. The fourth-order valence-corrected chi connectivity index (χ4v) is 7.44. The van der Waals surface area contributed by atoms with Crippen LogP contribution in [0.15, 0.2) is 21.0 Å². The number of aryl methyl sites for hydroxylation is 6. The number of furan rings is 2. The van der Waals surface area contributed by atoms with Crippen molar-refractivity contribution in [3.05, 3.63) is 46.3 Å². The Morgan fingerprint density at radius 3 is 1.70 bits per heavy atom. The van der Waals surface area contributed by atoms with Gasteiger partial charge in [0, 0.05) is 45.1 Å². The van der Waals surface area contributed by atoms with Gasteiger partial charge in [-0.3, -0.25) is 18.6 Å². The molecule has 0 saturated carbocycles. The third-order valence-electron chi connectivity index (χ3n) is 9.99. The van der Waals surface area contributed by atoms with E-state index in [1.54, 1.807) is 7.05 Å². The predicted octanol–water partition coefficient (Wildman–Crippen LogP) is 11.0. The fraction of sp³-hybridized carbons (Fsp3) is 0.773. The molecule has 2 heterocycles. The third-order valence-corrected chi connectivity index (χ3v) is 11.0. The van der Waals surface area contributed by atoms with Gasteiger partial charge in [0.15, 0.2) is 6.10 Å². The molecular formula is C44H76NO10P. The van der Waals surface area contributed by atoms with E-state index in [0.717, 1.165) is 119 Å². The maximum Gasteiger partial charge on any atom is 0.472 e. The van der Waals surface area contributed by atoms with Crippen LogP contribution in [-0.4, -0.2) is 56.3 Å². The number of rotatable bonds is 36. The van der Waals surface area contributed by atoms with Gasteiger partial charge >= 0.3 is 19.8 Å². The Kier molecular flexibility index (Phi) is 27.2. The second kappa shape index (κ2) is 30.6. The summed E-state index contributed by atoms with van der Waals surface area (Å²) in [6, 6.07) is 4.36. The van der Waals surface area contributed by atoms with E-state index in [0.29, 0.717) is 19.4 Å². The van der Waals surface area contributed by atoms with Crippen molar-refractivity contribution >= 4 is 19.8 Å². The minimum absolute atomic E-state index is 0.0298. The Balaban J connectivity index is 1.61. The van der Waals surface area contributed by atoms with Crippen molar-refractivity contribution in [3.63, 3.8) is 0 Å². The van der Waals surface area contributed by atoms with E-state index < -0.39 is 32.5 Å². The number of esters is 2. The van der Waals surface area contributed by atoms with Gasteiger partial charge in [0.2, 0.25) is 0 Å². The zero-order valence-corrected chi connectivity index (χ0v) is 36.5. The second-order valence-electron chi connectivity index (χ2n) is 15.3. The summed E-state index contributed by atoms with van der Waals surface area (Å²) in [6.07, 6.45) is 22.5. The lowest BCUT2D eigenvalue weighted by Crippen LogP contribution is -2.29. The Morgan fingerprint density at radius 1 is 0.661 bits per heavy atom. The zero-order valence-electron chi connectivity index (χ0n) is 35.6. The Bertz CT molecular complexity index is 1370. The summed E-state index contributed by atoms with van der Waals surface area (Å²) in [5.41, 5.74) is 2.52. The van der Waals surface area contributed by atoms with Crippen LogP contribution in [0.4, 0.5) is 0 Å². The van der Waals surface area contributed by atoms with Gasteiger partial charge in [0.1, 0.15) is 29.6 Å². The van der Waals surface area contributed by atoms with E-state index in [9.17, 15) is 19.0 Å². The number of phosphoric ester groups is 1. The number of phosphoric acid groups is 1. The standard InChI is InChI=1S/C44H76NO10P/c1-6-8-19-25-39-33-37(4)42(54-39)27-21-16-13-14-17-22-28-43(46)50-34-40(35-52-56(48,49)51-31-30-45-5)55-44(47)29-23-18-12-10-9-11-15-20-26-41-36(3)32-38(53-41)24-7-2/h32-33,40,45H,6-31,34-35H2,1-5H3,(H,48,49)/t40-/m1/s1. The number of nitrogens with one attached hydrogen (secondary N) is 1. The molecule has 0 fully saturated rings. The van der Waals surface area contributed by atoms with E-state index in [1.165, 1.54) is 43.2 Å². The number of unbranched alkanes of at least 4 members (excludes halogenated alkanes) is 14. The summed E-state index contributed by atoms with van der Waals surface area (Å²) in [4.78, 5) is 35.2. The molecule has 0 bridgehead atoms. The molecule has 0 aliphatic carbocycles. The molecule has 0 spiro atoms. The fourth-order valence-electron chi connectivity index (χ4n) is 6.69. The average molecular weight is 810 g/mol. The van der Waals surface area contributed by atoms with Crippen LogP contribution in [-0.2, 0) is 58.4 Å². The summed E-state index contributed by atoms with van der Waals surface area (Å²) in [5.74, 6) is 3.59. The van der Waals surface area contributed by atoms with E-state index in [2.05, 4.69) is 45.1 Å². The highest BCUT2D eigenvalue weighted by Gasteiger charge is 2.26. The van der Waals surface area contributed by atoms with Gasteiger partial charge in [-0.25, -0.2) is 4.57 Å². The quantitative estimate of drug-likeness (QED) is 0.0385. The molecule has 0 saturated heterocycles. The van der Waals surface area contributed by atoms with Crippen molar-refractivity contribution in [1.29, 1.82) is 0 Å². The van der Waals surface area contributed by atoms with Crippen LogP contribution >= 0.6 is 7.82 Å². The molecular weight excluding hydrogens is 733 g/mol. The van der Waals surface area contributed by atoms with Crippen LogP contribution in [0, 0.1) is 13.8 Å². The molecule has 2 aromatic rings. The smallest absolute Gasteiger partial charge is 0.466 e. The highest BCUT2D eigenvalue weighted by atomic mass is 31.2.